The first-order valence-corrected chi connectivity index (χ1v) is 6.12. The standard InChI is InChI=1S/C14H17FN2O2/c1-3-10(9-16)14(18)17-7-6-11-8-12(15)4-5-13(11)19-2/h4-5,8,10H,3,6-7H2,1-2H3,(H,17,18). The maximum atomic E-state index is 13.1. The Balaban J connectivity index is 2.56. The molecule has 0 bridgehead atoms. The summed E-state index contributed by atoms with van der Waals surface area (Å²) in [6.45, 7) is 2.12. The zero-order valence-corrected chi connectivity index (χ0v) is 11.1. The van der Waals surface area contributed by atoms with Crippen LogP contribution in [0.2, 0.25) is 0 Å². The average Bonchev–Trinajstić information content (AvgIpc) is 2.40. The Labute approximate surface area is 112 Å². The van der Waals surface area contributed by atoms with Gasteiger partial charge in [-0.15, -0.1) is 0 Å². The van der Waals surface area contributed by atoms with Gasteiger partial charge in [0.25, 0.3) is 0 Å². The number of hydrogen-bond acceptors (Lipinski definition) is 3. The maximum Gasteiger partial charge on any atom is 0.237 e. The summed E-state index contributed by atoms with van der Waals surface area (Å²) in [6, 6.07) is 6.19. The van der Waals surface area contributed by atoms with Gasteiger partial charge in [0.2, 0.25) is 5.91 Å². The number of nitriles is 1. The summed E-state index contributed by atoms with van der Waals surface area (Å²) in [5.41, 5.74) is 0.688. The molecule has 1 aromatic carbocycles. The number of nitrogens with zero attached hydrogens (tertiary/aromatic N) is 1. The minimum Gasteiger partial charge on any atom is -0.496 e. The Kier molecular flexibility index (Phi) is 5.80. The number of methoxy groups -OCH3 is 1. The third-order valence-electron chi connectivity index (χ3n) is 2.82. The average molecular weight is 264 g/mol. The van der Waals surface area contributed by atoms with E-state index >= 15 is 0 Å². The second kappa shape index (κ2) is 7.37. The number of nitrogens with one attached hydrogen (secondary N) is 1. The molecule has 1 unspecified atom stereocenters. The largest absolute Gasteiger partial charge is 0.496 e. The molecule has 0 aromatic heterocycles. The Hall–Kier alpha value is -2.09. The maximum absolute atomic E-state index is 13.1. The Morgan fingerprint density at radius 3 is 2.89 bits per heavy atom. The summed E-state index contributed by atoms with van der Waals surface area (Å²) in [7, 11) is 1.51. The van der Waals surface area contributed by atoms with Crippen molar-refractivity contribution in [1.82, 2.24) is 5.32 Å². The second-order valence-corrected chi connectivity index (χ2v) is 4.09. The second-order valence-electron chi connectivity index (χ2n) is 4.09. The lowest BCUT2D eigenvalue weighted by atomic mass is 10.1. The fourth-order valence-electron chi connectivity index (χ4n) is 1.72. The van der Waals surface area contributed by atoms with Gasteiger partial charge in [-0.2, -0.15) is 5.26 Å². The first kappa shape index (κ1) is 15.0. The van der Waals surface area contributed by atoms with Crippen molar-refractivity contribution in [3.8, 4) is 11.8 Å². The van der Waals surface area contributed by atoms with Crippen LogP contribution in [0.4, 0.5) is 4.39 Å². The van der Waals surface area contributed by atoms with E-state index in [-0.39, 0.29) is 11.7 Å². The molecule has 4 nitrogen and oxygen atoms in total. The number of carbonyl (C=O) groups excluding carboxylic acids is 1. The zero-order valence-electron chi connectivity index (χ0n) is 11.1. The first-order valence-electron chi connectivity index (χ1n) is 6.12. The number of benzene rings is 1. The van der Waals surface area contributed by atoms with Crippen LogP contribution in [0.3, 0.4) is 0 Å². The summed E-state index contributed by atoms with van der Waals surface area (Å²) >= 11 is 0. The summed E-state index contributed by atoms with van der Waals surface area (Å²) < 4.78 is 18.2. The predicted octanol–water partition coefficient (Wildman–Crippen LogP) is 2.04. The van der Waals surface area contributed by atoms with Gasteiger partial charge in [0, 0.05) is 6.54 Å². The quantitative estimate of drug-likeness (QED) is 0.855. The number of hydrogen-bond donors (Lipinski definition) is 1. The minimum absolute atomic E-state index is 0.291. The van der Waals surface area contributed by atoms with Crippen LogP contribution >= 0.6 is 0 Å². The molecule has 0 radical (unpaired) electrons. The van der Waals surface area contributed by atoms with Gasteiger partial charge >= 0.3 is 0 Å². The molecule has 19 heavy (non-hydrogen) atoms. The molecule has 0 spiro atoms. The molecule has 1 amide bonds. The van der Waals surface area contributed by atoms with Crippen LogP contribution in [0.25, 0.3) is 0 Å². The lowest BCUT2D eigenvalue weighted by Gasteiger charge is -2.10. The molecule has 0 saturated heterocycles. The van der Waals surface area contributed by atoms with Crippen molar-refractivity contribution in [3.63, 3.8) is 0 Å². The Bertz CT molecular complexity index is 483. The monoisotopic (exact) mass is 264 g/mol. The normalized spacial score (nSPS) is 11.5. The van der Waals surface area contributed by atoms with Gasteiger partial charge < -0.3 is 10.1 Å². The van der Waals surface area contributed by atoms with Crippen LogP contribution in [0, 0.1) is 23.1 Å². The lowest BCUT2D eigenvalue weighted by Crippen LogP contribution is -2.31. The number of halogens is 1. The van der Waals surface area contributed by atoms with E-state index < -0.39 is 5.92 Å². The van der Waals surface area contributed by atoms with Crippen molar-refractivity contribution >= 4 is 5.91 Å². The molecule has 0 saturated carbocycles. The van der Waals surface area contributed by atoms with E-state index in [4.69, 9.17) is 10.00 Å². The molecule has 0 aliphatic rings. The molecule has 5 heteroatoms. The van der Waals surface area contributed by atoms with Gasteiger partial charge in [0.15, 0.2) is 0 Å². The van der Waals surface area contributed by atoms with E-state index in [0.717, 1.165) is 0 Å². The number of amides is 1. The number of carbonyl (C=O) groups is 1. The fraction of sp³-hybridized carbons (Fsp3) is 0.429. The van der Waals surface area contributed by atoms with Gasteiger partial charge in [-0.25, -0.2) is 4.39 Å². The van der Waals surface area contributed by atoms with Crippen molar-refractivity contribution in [1.29, 1.82) is 5.26 Å². The molecular formula is C14H17FN2O2. The van der Waals surface area contributed by atoms with E-state index in [1.54, 1.807) is 13.0 Å². The zero-order chi connectivity index (χ0) is 14.3. The highest BCUT2D eigenvalue weighted by Gasteiger charge is 2.14. The van der Waals surface area contributed by atoms with Gasteiger partial charge in [0.05, 0.1) is 13.2 Å². The van der Waals surface area contributed by atoms with E-state index in [1.807, 2.05) is 6.07 Å². The molecular weight excluding hydrogens is 247 g/mol. The van der Waals surface area contributed by atoms with Gasteiger partial charge in [-0.3, -0.25) is 4.79 Å². The molecule has 1 rings (SSSR count). The molecule has 1 N–H and O–H groups in total. The van der Waals surface area contributed by atoms with Gasteiger partial charge in [0.1, 0.15) is 17.5 Å². The van der Waals surface area contributed by atoms with Crippen molar-refractivity contribution in [2.45, 2.75) is 19.8 Å². The minimum atomic E-state index is -0.630. The Morgan fingerprint density at radius 2 is 2.32 bits per heavy atom. The van der Waals surface area contributed by atoms with E-state index in [0.29, 0.717) is 30.7 Å². The van der Waals surface area contributed by atoms with Crippen LogP contribution in [0.15, 0.2) is 18.2 Å². The van der Waals surface area contributed by atoms with Crippen molar-refractivity contribution in [2.75, 3.05) is 13.7 Å². The molecule has 0 fully saturated rings. The SMILES string of the molecule is CCC(C#N)C(=O)NCCc1cc(F)ccc1OC. The molecule has 1 atom stereocenters. The van der Waals surface area contributed by atoms with Crippen molar-refractivity contribution < 1.29 is 13.9 Å². The number of ether oxygens (including phenoxy) is 1. The third-order valence-corrected chi connectivity index (χ3v) is 2.82. The van der Waals surface area contributed by atoms with Crippen LogP contribution in [0.5, 0.6) is 5.75 Å². The highest BCUT2D eigenvalue weighted by atomic mass is 19.1. The number of rotatable bonds is 6. The summed E-state index contributed by atoms with van der Waals surface area (Å²) in [4.78, 5) is 11.6. The Morgan fingerprint density at radius 1 is 1.58 bits per heavy atom. The highest BCUT2D eigenvalue weighted by molar-refractivity contribution is 5.80. The topological polar surface area (TPSA) is 62.1 Å². The van der Waals surface area contributed by atoms with Crippen LogP contribution < -0.4 is 10.1 Å². The van der Waals surface area contributed by atoms with Crippen molar-refractivity contribution in [2.24, 2.45) is 5.92 Å². The predicted molar refractivity (Wildman–Crippen MR) is 69.1 cm³/mol. The molecule has 0 heterocycles. The first-order chi connectivity index (χ1) is 9.12. The van der Waals surface area contributed by atoms with E-state index in [2.05, 4.69) is 5.32 Å². The summed E-state index contributed by atoms with van der Waals surface area (Å²) in [6.07, 6.45) is 0.931. The fourth-order valence-corrected chi connectivity index (χ4v) is 1.72. The van der Waals surface area contributed by atoms with E-state index in [9.17, 15) is 9.18 Å². The lowest BCUT2D eigenvalue weighted by molar-refractivity contribution is -0.123. The molecule has 102 valence electrons. The van der Waals surface area contributed by atoms with Crippen LogP contribution in [-0.2, 0) is 11.2 Å². The van der Waals surface area contributed by atoms with Crippen LogP contribution in [-0.4, -0.2) is 19.6 Å². The van der Waals surface area contributed by atoms with E-state index in [1.165, 1.54) is 19.2 Å². The molecule has 1 aromatic rings. The summed E-state index contributed by atoms with van der Waals surface area (Å²) in [5.74, 6) is -0.677. The van der Waals surface area contributed by atoms with Crippen molar-refractivity contribution in [3.05, 3.63) is 29.6 Å². The summed E-state index contributed by atoms with van der Waals surface area (Å²) in [5, 5.41) is 11.4. The van der Waals surface area contributed by atoms with Crippen LogP contribution in [0.1, 0.15) is 18.9 Å². The molecule has 0 aliphatic carbocycles. The van der Waals surface area contributed by atoms with Gasteiger partial charge in [-0.05, 0) is 36.6 Å². The smallest absolute Gasteiger partial charge is 0.237 e. The molecule has 0 aliphatic heterocycles. The third kappa shape index (κ3) is 4.25. The van der Waals surface area contributed by atoms with Gasteiger partial charge in [-0.1, -0.05) is 6.92 Å². The highest BCUT2D eigenvalue weighted by Crippen LogP contribution is 2.19.